The van der Waals surface area contributed by atoms with Gasteiger partial charge < -0.3 is 15.4 Å². The third kappa shape index (κ3) is 3.43. The number of rotatable bonds is 2. The number of nitrogens with two attached hydrogens (primary N) is 1. The lowest BCUT2D eigenvalue weighted by Crippen LogP contribution is -2.48. The van der Waals surface area contributed by atoms with Crippen LogP contribution in [0.3, 0.4) is 0 Å². The van der Waals surface area contributed by atoms with Gasteiger partial charge in [0.15, 0.2) is 0 Å². The van der Waals surface area contributed by atoms with Gasteiger partial charge in [0.05, 0.1) is 12.2 Å². The van der Waals surface area contributed by atoms with Crippen LogP contribution < -0.4 is 5.73 Å². The predicted molar refractivity (Wildman–Crippen MR) is 71.0 cm³/mol. The lowest BCUT2D eigenvalue weighted by Gasteiger charge is -2.43. The van der Waals surface area contributed by atoms with Crippen LogP contribution in [0.5, 0.6) is 0 Å². The molecule has 3 nitrogen and oxygen atoms in total. The summed E-state index contributed by atoms with van der Waals surface area (Å²) in [6, 6.07) is 1.90. The smallest absolute Gasteiger partial charge is 0.0565 e. The molecule has 2 fully saturated rings. The first-order valence-electron chi connectivity index (χ1n) is 7.19. The highest BCUT2D eigenvalue weighted by atomic mass is 16.5. The standard InChI is InChI=1S/C14H28N2O/c1-10-8-14(9-11(2)17-10)16(3)13-6-4-12(15)5-7-13/h10-14H,4-9,15H2,1-3H3. The second-order valence-corrected chi connectivity index (χ2v) is 6.12. The molecule has 0 amide bonds. The number of ether oxygens (including phenoxy) is 1. The largest absolute Gasteiger partial charge is 0.375 e. The first-order valence-corrected chi connectivity index (χ1v) is 7.19. The van der Waals surface area contributed by atoms with Gasteiger partial charge in [-0.25, -0.2) is 0 Å². The first-order chi connectivity index (χ1) is 8.06. The Morgan fingerprint density at radius 2 is 1.47 bits per heavy atom. The van der Waals surface area contributed by atoms with E-state index in [-0.39, 0.29) is 0 Å². The van der Waals surface area contributed by atoms with E-state index in [1.54, 1.807) is 0 Å². The Labute approximate surface area is 106 Å². The molecule has 2 atom stereocenters. The van der Waals surface area contributed by atoms with Crippen molar-refractivity contribution in [1.29, 1.82) is 0 Å². The van der Waals surface area contributed by atoms with Crippen molar-refractivity contribution in [2.45, 2.75) is 82.7 Å². The van der Waals surface area contributed by atoms with E-state index in [1.807, 2.05) is 0 Å². The highest BCUT2D eigenvalue weighted by Gasteiger charge is 2.31. The van der Waals surface area contributed by atoms with E-state index in [1.165, 1.54) is 38.5 Å². The minimum absolute atomic E-state index is 0.414. The van der Waals surface area contributed by atoms with Crippen LogP contribution in [0.1, 0.15) is 52.4 Å². The number of hydrogen-bond donors (Lipinski definition) is 1. The Morgan fingerprint density at radius 1 is 0.941 bits per heavy atom. The van der Waals surface area contributed by atoms with Crippen LogP contribution in [-0.2, 0) is 4.74 Å². The maximum atomic E-state index is 5.98. The molecule has 1 saturated heterocycles. The summed E-state index contributed by atoms with van der Waals surface area (Å²) in [5.74, 6) is 0. The zero-order valence-electron chi connectivity index (χ0n) is 11.6. The van der Waals surface area contributed by atoms with Crippen molar-refractivity contribution in [1.82, 2.24) is 4.90 Å². The fraction of sp³-hybridized carbons (Fsp3) is 1.00. The zero-order valence-corrected chi connectivity index (χ0v) is 11.6. The summed E-state index contributed by atoms with van der Waals surface area (Å²) >= 11 is 0. The van der Waals surface area contributed by atoms with Crippen LogP contribution in [0.2, 0.25) is 0 Å². The Balaban J connectivity index is 1.88. The normalized spacial score (nSPS) is 43.9. The van der Waals surface area contributed by atoms with E-state index >= 15 is 0 Å². The molecular formula is C14H28N2O. The van der Waals surface area contributed by atoms with Crippen molar-refractivity contribution in [3.8, 4) is 0 Å². The fourth-order valence-electron chi connectivity index (χ4n) is 3.51. The van der Waals surface area contributed by atoms with Gasteiger partial charge in [-0.05, 0) is 59.4 Å². The van der Waals surface area contributed by atoms with Gasteiger partial charge in [0, 0.05) is 18.1 Å². The van der Waals surface area contributed by atoms with Gasteiger partial charge in [0.1, 0.15) is 0 Å². The summed E-state index contributed by atoms with van der Waals surface area (Å²) in [6.45, 7) is 4.40. The van der Waals surface area contributed by atoms with Crippen molar-refractivity contribution in [3.63, 3.8) is 0 Å². The van der Waals surface area contributed by atoms with E-state index in [0.717, 1.165) is 6.04 Å². The van der Waals surface area contributed by atoms with Crippen molar-refractivity contribution in [3.05, 3.63) is 0 Å². The maximum Gasteiger partial charge on any atom is 0.0565 e. The van der Waals surface area contributed by atoms with E-state index in [0.29, 0.717) is 24.3 Å². The third-order valence-corrected chi connectivity index (χ3v) is 4.57. The molecule has 2 aliphatic rings. The molecule has 1 aliphatic heterocycles. The molecule has 0 bridgehead atoms. The molecule has 0 radical (unpaired) electrons. The molecule has 100 valence electrons. The van der Waals surface area contributed by atoms with E-state index in [2.05, 4.69) is 25.8 Å². The van der Waals surface area contributed by atoms with Crippen LogP contribution in [-0.4, -0.2) is 42.3 Å². The van der Waals surface area contributed by atoms with Crippen molar-refractivity contribution in [2.24, 2.45) is 5.73 Å². The molecule has 2 rings (SSSR count). The lowest BCUT2D eigenvalue weighted by molar-refractivity contribution is -0.0695. The molecule has 17 heavy (non-hydrogen) atoms. The van der Waals surface area contributed by atoms with Crippen LogP contribution in [0, 0.1) is 0 Å². The Kier molecular flexibility index (Phi) is 4.45. The molecule has 1 aliphatic carbocycles. The summed E-state index contributed by atoms with van der Waals surface area (Å²) < 4.78 is 5.82. The second kappa shape index (κ2) is 5.68. The quantitative estimate of drug-likeness (QED) is 0.803. The average molecular weight is 240 g/mol. The number of hydrogen-bond acceptors (Lipinski definition) is 3. The molecule has 0 aromatic heterocycles. The van der Waals surface area contributed by atoms with Gasteiger partial charge in [0.25, 0.3) is 0 Å². The third-order valence-electron chi connectivity index (χ3n) is 4.57. The van der Waals surface area contributed by atoms with Crippen LogP contribution >= 0.6 is 0 Å². The monoisotopic (exact) mass is 240 g/mol. The fourth-order valence-corrected chi connectivity index (χ4v) is 3.51. The number of nitrogens with zero attached hydrogens (tertiary/aromatic N) is 1. The van der Waals surface area contributed by atoms with Crippen molar-refractivity contribution in [2.75, 3.05) is 7.05 Å². The van der Waals surface area contributed by atoms with E-state index in [9.17, 15) is 0 Å². The Bertz CT molecular complexity index is 228. The van der Waals surface area contributed by atoms with Gasteiger partial charge in [-0.1, -0.05) is 0 Å². The Hall–Kier alpha value is -0.120. The summed E-state index contributed by atoms with van der Waals surface area (Å²) in [7, 11) is 2.30. The van der Waals surface area contributed by atoms with Crippen molar-refractivity contribution >= 4 is 0 Å². The second-order valence-electron chi connectivity index (χ2n) is 6.12. The molecule has 1 heterocycles. The van der Waals surface area contributed by atoms with Crippen LogP contribution in [0.15, 0.2) is 0 Å². The minimum Gasteiger partial charge on any atom is -0.375 e. The van der Waals surface area contributed by atoms with Gasteiger partial charge in [-0.2, -0.15) is 0 Å². The highest BCUT2D eigenvalue weighted by molar-refractivity contribution is 4.86. The molecule has 2 N–H and O–H groups in total. The first kappa shape index (κ1) is 13.3. The minimum atomic E-state index is 0.414. The van der Waals surface area contributed by atoms with Gasteiger partial charge in [0.2, 0.25) is 0 Å². The molecular weight excluding hydrogens is 212 g/mol. The summed E-state index contributed by atoms with van der Waals surface area (Å²) in [5.41, 5.74) is 5.98. The van der Waals surface area contributed by atoms with Crippen molar-refractivity contribution < 1.29 is 4.74 Å². The van der Waals surface area contributed by atoms with Gasteiger partial charge in [-0.15, -0.1) is 0 Å². The molecule has 1 saturated carbocycles. The lowest BCUT2D eigenvalue weighted by atomic mass is 9.88. The summed E-state index contributed by atoms with van der Waals surface area (Å²) in [5, 5.41) is 0. The molecule has 0 aromatic rings. The molecule has 0 spiro atoms. The molecule has 0 aromatic carbocycles. The topological polar surface area (TPSA) is 38.5 Å². The molecule has 3 heteroatoms. The SMILES string of the molecule is CC1CC(N(C)C2CCC(N)CC2)CC(C)O1. The zero-order chi connectivity index (χ0) is 12.4. The van der Waals surface area contributed by atoms with Crippen LogP contribution in [0.25, 0.3) is 0 Å². The van der Waals surface area contributed by atoms with E-state index < -0.39 is 0 Å². The summed E-state index contributed by atoms with van der Waals surface area (Å²) in [4.78, 5) is 2.61. The van der Waals surface area contributed by atoms with Crippen LogP contribution in [0.4, 0.5) is 0 Å². The Morgan fingerprint density at radius 3 is 2.00 bits per heavy atom. The summed E-state index contributed by atoms with van der Waals surface area (Å²) in [6.07, 6.45) is 8.14. The predicted octanol–water partition coefficient (Wildman–Crippen LogP) is 2.14. The highest BCUT2D eigenvalue weighted by Crippen LogP contribution is 2.28. The van der Waals surface area contributed by atoms with Gasteiger partial charge in [-0.3, -0.25) is 0 Å². The van der Waals surface area contributed by atoms with E-state index in [4.69, 9.17) is 10.5 Å². The average Bonchev–Trinajstić information content (AvgIpc) is 2.28. The van der Waals surface area contributed by atoms with Gasteiger partial charge >= 0.3 is 0 Å². The maximum absolute atomic E-state index is 5.98. The molecule has 2 unspecified atom stereocenters.